The Labute approximate surface area is 115 Å². The molecule has 4 nitrogen and oxygen atoms in total. The third-order valence-corrected chi connectivity index (χ3v) is 3.02. The minimum absolute atomic E-state index is 0.119. The molecule has 0 fully saturated rings. The molecule has 0 radical (unpaired) electrons. The predicted molar refractivity (Wildman–Crippen MR) is 77.0 cm³/mol. The Balaban J connectivity index is 2.38. The third kappa shape index (κ3) is 5.85. The molecular weight excluding hydrogens is 240 g/mol. The fourth-order valence-corrected chi connectivity index (χ4v) is 2.03. The molecule has 1 rings (SSSR count). The molecule has 1 amide bonds. The van der Waals surface area contributed by atoms with Crippen LogP contribution in [0.3, 0.4) is 0 Å². The average Bonchev–Trinajstić information content (AvgIpc) is 2.36. The predicted octanol–water partition coefficient (Wildman–Crippen LogP) is 1.36. The Kier molecular flexibility index (Phi) is 6.53. The summed E-state index contributed by atoms with van der Waals surface area (Å²) in [6, 6.07) is 8.12. The molecule has 106 valence electrons. The van der Waals surface area contributed by atoms with Crippen molar-refractivity contribution < 1.29 is 9.53 Å². The maximum absolute atomic E-state index is 12.0. The van der Waals surface area contributed by atoms with Crippen LogP contribution in [-0.2, 0) is 16.0 Å². The summed E-state index contributed by atoms with van der Waals surface area (Å²) in [6.07, 6.45) is 1.28. The van der Waals surface area contributed by atoms with Gasteiger partial charge in [0.15, 0.2) is 0 Å². The van der Waals surface area contributed by atoms with Gasteiger partial charge in [0.25, 0.3) is 0 Å². The van der Waals surface area contributed by atoms with Gasteiger partial charge in [0, 0.05) is 33.2 Å². The molecule has 1 aromatic carbocycles. The second-order valence-electron chi connectivity index (χ2n) is 4.98. The first-order valence-electron chi connectivity index (χ1n) is 6.57. The standard InChI is InChI=1S/C15H24N2O2/c1-12-5-4-6-13(9-12)7-8-15(18)17(2)10-14(16)11-19-3/h4-6,9,14H,7-8,10-11,16H2,1-3H3. The second kappa shape index (κ2) is 7.92. The largest absolute Gasteiger partial charge is 0.383 e. The van der Waals surface area contributed by atoms with Crippen LogP contribution in [0, 0.1) is 6.92 Å². The number of aryl methyl sites for hydroxylation is 2. The molecule has 19 heavy (non-hydrogen) atoms. The molecule has 4 heteroatoms. The van der Waals surface area contributed by atoms with E-state index in [1.165, 1.54) is 11.1 Å². The van der Waals surface area contributed by atoms with Crippen LogP contribution in [0.5, 0.6) is 0 Å². The van der Waals surface area contributed by atoms with E-state index in [2.05, 4.69) is 25.1 Å². The first-order chi connectivity index (χ1) is 9.02. The lowest BCUT2D eigenvalue weighted by molar-refractivity contribution is -0.130. The Morgan fingerprint density at radius 1 is 1.47 bits per heavy atom. The summed E-state index contributed by atoms with van der Waals surface area (Å²) in [5.74, 6) is 0.119. The number of hydrogen-bond donors (Lipinski definition) is 1. The smallest absolute Gasteiger partial charge is 0.222 e. The Hall–Kier alpha value is -1.39. The molecule has 0 bridgehead atoms. The fourth-order valence-electron chi connectivity index (χ4n) is 2.03. The van der Waals surface area contributed by atoms with E-state index in [-0.39, 0.29) is 11.9 Å². The summed E-state index contributed by atoms with van der Waals surface area (Å²) in [6.45, 7) is 3.05. The minimum Gasteiger partial charge on any atom is -0.383 e. The lowest BCUT2D eigenvalue weighted by Gasteiger charge is -2.21. The van der Waals surface area contributed by atoms with E-state index < -0.39 is 0 Å². The summed E-state index contributed by atoms with van der Waals surface area (Å²) >= 11 is 0. The molecule has 2 N–H and O–H groups in total. The second-order valence-corrected chi connectivity index (χ2v) is 4.98. The highest BCUT2D eigenvalue weighted by molar-refractivity contribution is 5.76. The number of amides is 1. The minimum atomic E-state index is -0.127. The highest BCUT2D eigenvalue weighted by atomic mass is 16.5. The molecule has 0 aliphatic rings. The van der Waals surface area contributed by atoms with Crippen LogP contribution in [0.25, 0.3) is 0 Å². The van der Waals surface area contributed by atoms with E-state index in [1.54, 1.807) is 19.1 Å². The third-order valence-electron chi connectivity index (χ3n) is 3.02. The molecule has 1 atom stereocenters. The molecule has 0 aliphatic heterocycles. The molecule has 0 heterocycles. The van der Waals surface area contributed by atoms with Gasteiger partial charge in [-0.1, -0.05) is 29.8 Å². The van der Waals surface area contributed by atoms with Crippen molar-refractivity contribution in [1.82, 2.24) is 4.90 Å². The number of hydrogen-bond acceptors (Lipinski definition) is 3. The van der Waals surface area contributed by atoms with Gasteiger partial charge in [0.05, 0.1) is 6.61 Å². The molecule has 0 spiro atoms. The van der Waals surface area contributed by atoms with E-state index in [0.717, 1.165) is 6.42 Å². The number of methoxy groups -OCH3 is 1. The number of nitrogens with two attached hydrogens (primary N) is 1. The van der Waals surface area contributed by atoms with Crippen LogP contribution in [0.15, 0.2) is 24.3 Å². The number of ether oxygens (including phenoxy) is 1. The fraction of sp³-hybridized carbons (Fsp3) is 0.533. The highest BCUT2D eigenvalue weighted by Crippen LogP contribution is 2.07. The maximum atomic E-state index is 12.0. The van der Waals surface area contributed by atoms with Gasteiger partial charge in [-0.15, -0.1) is 0 Å². The van der Waals surface area contributed by atoms with Gasteiger partial charge >= 0.3 is 0 Å². The Morgan fingerprint density at radius 3 is 2.84 bits per heavy atom. The van der Waals surface area contributed by atoms with E-state index in [4.69, 9.17) is 10.5 Å². The molecule has 0 aromatic heterocycles. The number of benzene rings is 1. The van der Waals surface area contributed by atoms with Crippen LogP contribution >= 0.6 is 0 Å². The summed E-state index contributed by atoms with van der Waals surface area (Å²) in [5, 5.41) is 0. The van der Waals surface area contributed by atoms with Gasteiger partial charge in [-0.3, -0.25) is 4.79 Å². The Bertz CT molecular complexity index is 407. The Morgan fingerprint density at radius 2 is 2.21 bits per heavy atom. The van der Waals surface area contributed by atoms with Crippen molar-refractivity contribution in [3.05, 3.63) is 35.4 Å². The maximum Gasteiger partial charge on any atom is 0.222 e. The van der Waals surface area contributed by atoms with Crippen molar-refractivity contribution in [1.29, 1.82) is 0 Å². The van der Waals surface area contributed by atoms with Crippen LogP contribution in [0.4, 0.5) is 0 Å². The van der Waals surface area contributed by atoms with Gasteiger partial charge in [0.1, 0.15) is 0 Å². The van der Waals surface area contributed by atoms with Gasteiger partial charge < -0.3 is 15.4 Å². The number of rotatable bonds is 7. The van der Waals surface area contributed by atoms with Crippen molar-refractivity contribution in [2.24, 2.45) is 5.73 Å². The highest BCUT2D eigenvalue weighted by Gasteiger charge is 2.12. The zero-order valence-corrected chi connectivity index (χ0v) is 12.1. The number of likely N-dealkylation sites (N-methyl/N-ethyl adjacent to an activating group) is 1. The quantitative estimate of drug-likeness (QED) is 0.809. The van der Waals surface area contributed by atoms with Crippen molar-refractivity contribution in [2.45, 2.75) is 25.8 Å². The van der Waals surface area contributed by atoms with Crippen molar-refractivity contribution in [3.8, 4) is 0 Å². The van der Waals surface area contributed by atoms with Crippen LogP contribution in [-0.4, -0.2) is 44.2 Å². The zero-order chi connectivity index (χ0) is 14.3. The SMILES string of the molecule is COCC(N)CN(C)C(=O)CCc1cccc(C)c1. The zero-order valence-electron chi connectivity index (χ0n) is 12.1. The lowest BCUT2D eigenvalue weighted by atomic mass is 10.1. The monoisotopic (exact) mass is 264 g/mol. The molecule has 0 saturated carbocycles. The summed E-state index contributed by atoms with van der Waals surface area (Å²) in [5.41, 5.74) is 8.25. The molecule has 0 saturated heterocycles. The van der Waals surface area contributed by atoms with Gasteiger partial charge in [-0.05, 0) is 18.9 Å². The number of nitrogens with zero attached hydrogens (tertiary/aromatic N) is 1. The van der Waals surface area contributed by atoms with Crippen molar-refractivity contribution >= 4 is 5.91 Å². The van der Waals surface area contributed by atoms with E-state index in [9.17, 15) is 4.79 Å². The van der Waals surface area contributed by atoms with E-state index in [0.29, 0.717) is 19.6 Å². The first-order valence-corrected chi connectivity index (χ1v) is 6.57. The molecule has 1 aromatic rings. The first kappa shape index (κ1) is 15.7. The number of carbonyl (C=O) groups is 1. The van der Waals surface area contributed by atoms with E-state index in [1.807, 2.05) is 6.07 Å². The topological polar surface area (TPSA) is 55.6 Å². The van der Waals surface area contributed by atoms with Crippen molar-refractivity contribution in [3.63, 3.8) is 0 Å². The van der Waals surface area contributed by atoms with Gasteiger partial charge in [-0.25, -0.2) is 0 Å². The average molecular weight is 264 g/mol. The van der Waals surface area contributed by atoms with Crippen molar-refractivity contribution in [2.75, 3.05) is 27.3 Å². The van der Waals surface area contributed by atoms with Crippen LogP contribution in [0.2, 0.25) is 0 Å². The van der Waals surface area contributed by atoms with Gasteiger partial charge in [-0.2, -0.15) is 0 Å². The summed E-state index contributed by atoms with van der Waals surface area (Å²) < 4.78 is 4.96. The lowest BCUT2D eigenvalue weighted by Crippen LogP contribution is -2.41. The van der Waals surface area contributed by atoms with Crippen LogP contribution in [0.1, 0.15) is 17.5 Å². The van der Waals surface area contributed by atoms with Gasteiger partial charge in [0.2, 0.25) is 5.91 Å². The van der Waals surface area contributed by atoms with E-state index >= 15 is 0 Å². The number of carbonyl (C=O) groups excluding carboxylic acids is 1. The summed E-state index contributed by atoms with van der Waals surface area (Å²) in [7, 11) is 3.40. The van der Waals surface area contributed by atoms with Crippen LogP contribution < -0.4 is 5.73 Å². The normalized spacial score (nSPS) is 12.2. The molecular formula is C15H24N2O2. The molecule has 0 aliphatic carbocycles. The molecule has 1 unspecified atom stereocenters. The summed E-state index contributed by atoms with van der Waals surface area (Å²) in [4.78, 5) is 13.7.